The summed E-state index contributed by atoms with van der Waals surface area (Å²) in [5, 5.41) is 14.7. The van der Waals surface area contributed by atoms with E-state index in [1.54, 1.807) is 24.3 Å². The van der Waals surface area contributed by atoms with Crippen molar-refractivity contribution in [2.75, 3.05) is 17.4 Å². The molecule has 40 heavy (non-hydrogen) atoms. The number of amides is 2. The van der Waals surface area contributed by atoms with Crippen LogP contribution in [0.3, 0.4) is 0 Å². The summed E-state index contributed by atoms with van der Waals surface area (Å²) in [6, 6.07) is 16.2. The third kappa shape index (κ3) is 7.50. The van der Waals surface area contributed by atoms with Crippen molar-refractivity contribution in [3.8, 4) is 0 Å². The molecule has 13 heteroatoms. The minimum Gasteiger partial charge on any atom is -0.354 e. The molecule has 0 fully saturated rings. The molecule has 0 heterocycles. The van der Waals surface area contributed by atoms with Crippen molar-refractivity contribution in [1.82, 2.24) is 10.2 Å². The molecular formula is C27H28Cl2N4O6S. The highest BCUT2D eigenvalue weighted by molar-refractivity contribution is 7.92. The molecule has 0 radical (unpaired) electrons. The van der Waals surface area contributed by atoms with Gasteiger partial charge in [0.25, 0.3) is 15.7 Å². The van der Waals surface area contributed by atoms with Crippen LogP contribution in [0.25, 0.3) is 0 Å². The second-order valence-electron chi connectivity index (χ2n) is 8.84. The summed E-state index contributed by atoms with van der Waals surface area (Å²) >= 11 is 12.2. The van der Waals surface area contributed by atoms with Crippen LogP contribution in [-0.2, 0) is 26.2 Å². The van der Waals surface area contributed by atoms with Crippen LogP contribution >= 0.6 is 23.2 Å². The topological polar surface area (TPSA) is 130 Å². The Hall–Kier alpha value is -3.67. The van der Waals surface area contributed by atoms with Crippen molar-refractivity contribution in [2.45, 2.75) is 37.8 Å². The lowest BCUT2D eigenvalue weighted by atomic mass is 10.1. The Labute approximate surface area is 242 Å². The molecule has 1 unspecified atom stereocenters. The minimum absolute atomic E-state index is 0.0788. The van der Waals surface area contributed by atoms with Gasteiger partial charge in [-0.3, -0.25) is 24.0 Å². The first-order chi connectivity index (χ1) is 18.9. The van der Waals surface area contributed by atoms with E-state index >= 15 is 0 Å². The molecule has 0 aliphatic rings. The number of rotatable bonds is 12. The Bertz CT molecular complexity index is 1490. The van der Waals surface area contributed by atoms with E-state index in [0.29, 0.717) is 23.6 Å². The Morgan fingerprint density at radius 2 is 1.70 bits per heavy atom. The number of hydrogen-bond acceptors (Lipinski definition) is 6. The van der Waals surface area contributed by atoms with Gasteiger partial charge in [-0.1, -0.05) is 60.5 Å². The van der Waals surface area contributed by atoms with Crippen LogP contribution < -0.4 is 9.62 Å². The monoisotopic (exact) mass is 606 g/mol. The predicted octanol–water partition coefficient (Wildman–Crippen LogP) is 5.04. The zero-order valence-electron chi connectivity index (χ0n) is 21.8. The highest BCUT2D eigenvalue weighted by Gasteiger charge is 2.33. The van der Waals surface area contributed by atoms with Gasteiger partial charge in [0.2, 0.25) is 11.8 Å². The standard InChI is InChI=1S/C27H28Cl2N4O6S/c1-3-14-30-27(35)19(2)31(17-20-12-13-24(28)25(29)15-20)26(34)18-32(21-8-7-9-22(16-21)33(36)37)40(38,39)23-10-5-4-6-11-23/h4-13,15-16,19H,3,14,17-18H2,1-2H3,(H,30,35). The Kier molecular flexibility index (Phi) is 10.5. The average Bonchev–Trinajstić information content (AvgIpc) is 2.95. The van der Waals surface area contributed by atoms with Gasteiger partial charge in [-0.25, -0.2) is 8.42 Å². The number of benzene rings is 3. The Balaban J connectivity index is 2.06. The lowest BCUT2D eigenvalue weighted by molar-refractivity contribution is -0.384. The second-order valence-corrected chi connectivity index (χ2v) is 11.5. The molecule has 0 aliphatic carbocycles. The molecule has 1 atom stereocenters. The minimum atomic E-state index is -4.35. The Morgan fingerprint density at radius 1 is 1.00 bits per heavy atom. The SMILES string of the molecule is CCCNC(=O)C(C)N(Cc1ccc(Cl)c(Cl)c1)C(=O)CN(c1cccc([N+](=O)[O-])c1)S(=O)(=O)c1ccccc1. The van der Waals surface area contributed by atoms with Crippen LogP contribution in [-0.4, -0.2) is 49.2 Å². The lowest BCUT2D eigenvalue weighted by Crippen LogP contribution is -2.51. The van der Waals surface area contributed by atoms with Gasteiger partial charge >= 0.3 is 0 Å². The van der Waals surface area contributed by atoms with Crippen molar-refractivity contribution >= 4 is 56.4 Å². The number of carbonyl (C=O) groups excluding carboxylic acids is 2. The zero-order valence-corrected chi connectivity index (χ0v) is 24.1. The van der Waals surface area contributed by atoms with E-state index in [9.17, 15) is 28.1 Å². The smallest absolute Gasteiger partial charge is 0.271 e. The molecule has 0 saturated heterocycles. The molecule has 0 bridgehead atoms. The summed E-state index contributed by atoms with van der Waals surface area (Å²) in [5.41, 5.74) is 0.132. The number of carbonyl (C=O) groups is 2. The molecule has 1 N–H and O–H groups in total. The molecule has 10 nitrogen and oxygen atoms in total. The van der Waals surface area contributed by atoms with E-state index in [2.05, 4.69) is 5.32 Å². The van der Waals surface area contributed by atoms with Crippen molar-refractivity contribution in [2.24, 2.45) is 0 Å². The highest BCUT2D eigenvalue weighted by Crippen LogP contribution is 2.28. The zero-order chi connectivity index (χ0) is 29.4. The number of hydrogen-bond donors (Lipinski definition) is 1. The van der Waals surface area contributed by atoms with Crippen LogP contribution in [0.5, 0.6) is 0 Å². The van der Waals surface area contributed by atoms with Crippen LogP contribution in [0.1, 0.15) is 25.8 Å². The summed E-state index contributed by atoms with van der Waals surface area (Å²) in [4.78, 5) is 38.6. The van der Waals surface area contributed by atoms with E-state index in [4.69, 9.17) is 23.2 Å². The third-order valence-electron chi connectivity index (χ3n) is 5.99. The molecule has 3 rings (SSSR count). The first kappa shape index (κ1) is 30.9. The molecule has 0 aliphatic heterocycles. The van der Waals surface area contributed by atoms with Gasteiger partial charge in [-0.05, 0) is 49.2 Å². The number of non-ortho nitro benzene ring substituents is 1. The summed E-state index contributed by atoms with van der Waals surface area (Å²) in [6.45, 7) is 2.99. The maximum atomic E-state index is 13.8. The largest absolute Gasteiger partial charge is 0.354 e. The van der Waals surface area contributed by atoms with E-state index in [-0.39, 0.29) is 27.8 Å². The fourth-order valence-electron chi connectivity index (χ4n) is 3.82. The fraction of sp³-hybridized carbons (Fsp3) is 0.259. The number of nitrogens with zero attached hydrogens (tertiary/aromatic N) is 3. The van der Waals surface area contributed by atoms with Gasteiger partial charge in [-0.2, -0.15) is 0 Å². The molecular weight excluding hydrogens is 579 g/mol. The van der Waals surface area contributed by atoms with Gasteiger partial charge in [0.1, 0.15) is 12.6 Å². The molecule has 2 amide bonds. The van der Waals surface area contributed by atoms with Gasteiger partial charge in [-0.15, -0.1) is 0 Å². The van der Waals surface area contributed by atoms with E-state index < -0.39 is 39.3 Å². The van der Waals surface area contributed by atoms with E-state index in [1.165, 1.54) is 54.3 Å². The van der Waals surface area contributed by atoms with Crippen molar-refractivity contribution < 1.29 is 22.9 Å². The molecule has 3 aromatic carbocycles. The van der Waals surface area contributed by atoms with E-state index in [1.807, 2.05) is 6.92 Å². The van der Waals surface area contributed by atoms with Gasteiger partial charge in [0.05, 0.1) is 25.6 Å². The fourth-order valence-corrected chi connectivity index (χ4v) is 5.57. The predicted molar refractivity (Wildman–Crippen MR) is 154 cm³/mol. The maximum absolute atomic E-state index is 13.8. The molecule has 0 aromatic heterocycles. The van der Waals surface area contributed by atoms with Crippen molar-refractivity contribution in [3.63, 3.8) is 0 Å². The number of nitrogens with one attached hydrogen (secondary N) is 1. The van der Waals surface area contributed by atoms with E-state index in [0.717, 1.165) is 10.4 Å². The molecule has 3 aromatic rings. The maximum Gasteiger partial charge on any atom is 0.271 e. The number of halogens is 2. The molecule has 0 spiro atoms. The number of anilines is 1. The van der Waals surface area contributed by atoms with Gasteiger partial charge in [0.15, 0.2) is 0 Å². The number of sulfonamides is 1. The highest BCUT2D eigenvalue weighted by atomic mass is 35.5. The summed E-state index contributed by atoms with van der Waals surface area (Å²) in [6.07, 6.45) is 0.676. The molecule has 212 valence electrons. The lowest BCUT2D eigenvalue weighted by Gasteiger charge is -2.32. The summed E-state index contributed by atoms with van der Waals surface area (Å²) < 4.78 is 28.3. The quantitative estimate of drug-likeness (QED) is 0.227. The van der Waals surface area contributed by atoms with Crippen LogP contribution in [0.2, 0.25) is 10.0 Å². The first-order valence-corrected chi connectivity index (χ1v) is 14.5. The van der Waals surface area contributed by atoms with Crippen LogP contribution in [0.15, 0.2) is 77.7 Å². The summed E-state index contributed by atoms with van der Waals surface area (Å²) in [5.74, 6) is -1.14. The first-order valence-electron chi connectivity index (χ1n) is 12.3. The van der Waals surface area contributed by atoms with Crippen molar-refractivity contribution in [3.05, 3.63) is 98.5 Å². The normalized spacial score (nSPS) is 11.9. The van der Waals surface area contributed by atoms with Crippen LogP contribution in [0, 0.1) is 10.1 Å². The van der Waals surface area contributed by atoms with Gasteiger partial charge in [0, 0.05) is 25.2 Å². The average molecular weight is 608 g/mol. The van der Waals surface area contributed by atoms with Crippen molar-refractivity contribution in [1.29, 1.82) is 0 Å². The molecule has 0 saturated carbocycles. The summed E-state index contributed by atoms with van der Waals surface area (Å²) in [7, 11) is -4.35. The Morgan fingerprint density at radius 3 is 2.33 bits per heavy atom. The van der Waals surface area contributed by atoms with Crippen LogP contribution in [0.4, 0.5) is 11.4 Å². The number of nitro benzene ring substituents is 1. The number of nitro groups is 1. The third-order valence-corrected chi connectivity index (χ3v) is 8.52. The second kappa shape index (κ2) is 13.6. The van der Waals surface area contributed by atoms with Gasteiger partial charge < -0.3 is 10.2 Å².